The van der Waals surface area contributed by atoms with Crippen LogP contribution in [-0.4, -0.2) is 29.8 Å². The molecule has 2 N–H and O–H groups in total. The standard InChI is InChI=1S/C18H19F2NO3/c1-12(16(22)9-13-5-3-2-4-6-13)21-18(23)11-24-17-8-7-14(19)10-15(17)20/h2-8,10,12,16,22H,9,11H2,1H3,(H,21,23). The van der Waals surface area contributed by atoms with E-state index in [0.717, 1.165) is 17.7 Å². The van der Waals surface area contributed by atoms with E-state index in [1.165, 1.54) is 0 Å². The number of carbonyl (C=O) groups excluding carboxylic acids is 1. The molecule has 6 heteroatoms. The first-order valence-corrected chi connectivity index (χ1v) is 7.55. The Balaban J connectivity index is 1.80. The second kappa shape index (κ2) is 8.40. The topological polar surface area (TPSA) is 58.6 Å². The second-order valence-corrected chi connectivity index (χ2v) is 5.48. The van der Waals surface area contributed by atoms with Crippen molar-refractivity contribution in [2.24, 2.45) is 0 Å². The van der Waals surface area contributed by atoms with Crippen LogP contribution in [0, 0.1) is 11.6 Å². The average molecular weight is 335 g/mol. The van der Waals surface area contributed by atoms with Crippen molar-refractivity contribution in [1.29, 1.82) is 0 Å². The van der Waals surface area contributed by atoms with Crippen molar-refractivity contribution in [3.63, 3.8) is 0 Å². The summed E-state index contributed by atoms with van der Waals surface area (Å²) >= 11 is 0. The molecule has 24 heavy (non-hydrogen) atoms. The number of aliphatic hydroxyl groups is 1. The van der Waals surface area contributed by atoms with Gasteiger partial charge in [0.1, 0.15) is 5.82 Å². The quantitative estimate of drug-likeness (QED) is 0.817. The predicted octanol–water partition coefficient (Wildman–Crippen LogP) is 2.45. The highest BCUT2D eigenvalue weighted by atomic mass is 19.1. The molecule has 0 aliphatic carbocycles. The van der Waals surface area contributed by atoms with E-state index in [9.17, 15) is 18.7 Å². The lowest BCUT2D eigenvalue weighted by Crippen LogP contribution is -2.44. The molecule has 0 spiro atoms. The van der Waals surface area contributed by atoms with Gasteiger partial charge in [-0.3, -0.25) is 4.79 Å². The van der Waals surface area contributed by atoms with Gasteiger partial charge in [-0.25, -0.2) is 8.78 Å². The van der Waals surface area contributed by atoms with Crippen molar-refractivity contribution in [1.82, 2.24) is 5.32 Å². The van der Waals surface area contributed by atoms with Crippen LogP contribution in [0.15, 0.2) is 48.5 Å². The van der Waals surface area contributed by atoms with Gasteiger partial charge in [0.05, 0.1) is 12.1 Å². The summed E-state index contributed by atoms with van der Waals surface area (Å²) in [7, 11) is 0. The molecule has 0 aliphatic rings. The third-order valence-electron chi connectivity index (χ3n) is 3.51. The molecule has 0 fully saturated rings. The first-order valence-electron chi connectivity index (χ1n) is 7.55. The lowest BCUT2D eigenvalue weighted by atomic mass is 10.0. The minimum Gasteiger partial charge on any atom is -0.481 e. The van der Waals surface area contributed by atoms with E-state index in [2.05, 4.69) is 5.32 Å². The Labute approximate surface area is 139 Å². The molecule has 1 amide bonds. The van der Waals surface area contributed by atoms with Gasteiger partial charge < -0.3 is 15.2 Å². The summed E-state index contributed by atoms with van der Waals surface area (Å²) < 4.78 is 31.2. The van der Waals surface area contributed by atoms with Crippen LogP contribution in [0.1, 0.15) is 12.5 Å². The first-order chi connectivity index (χ1) is 11.5. The van der Waals surface area contributed by atoms with Gasteiger partial charge in [-0.1, -0.05) is 30.3 Å². The Bertz CT molecular complexity index is 679. The number of halogens is 2. The molecule has 0 radical (unpaired) electrons. The smallest absolute Gasteiger partial charge is 0.258 e. The zero-order valence-corrected chi connectivity index (χ0v) is 13.2. The minimum absolute atomic E-state index is 0.205. The van der Waals surface area contributed by atoms with Crippen LogP contribution in [0.3, 0.4) is 0 Å². The van der Waals surface area contributed by atoms with Crippen molar-refractivity contribution < 1.29 is 23.4 Å². The summed E-state index contributed by atoms with van der Waals surface area (Å²) in [5, 5.41) is 12.7. The largest absolute Gasteiger partial charge is 0.481 e. The fourth-order valence-electron chi connectivity index (χ4n) is 2.16. The van der Waals surface area contributed by atoms with Crippen LogP contribution in [0.5, 0.6) is 5.75 Å². The Morgan fingerprint density at radius 3 is 2.58 bits per heavy atom. The van der Waals surface area contributed by atoms with Crippen molar-refractivity contribution in [2.45, 2.75) is 25.5 Å². The van der Waals surface area contributed by atoms with Gasteiger partial charge in [-0.15, -0.1) is 0 Å². The fourth-order valence-corrected chi connectivity index (χ4v) is 2.16. The summed E-state index contributed by atoms with van der Waals surface area (Å²) in [5.74, 6) is -2.30. The monoisotopic (exact) mass is 335 g/mol. The molecule has 2 aromatic carbocycles. The van der Waals surface area contributed by atoms with E-state index < -0.39 is 36.3 Å². The van der Waals surface area contributed by atoms with Gasteiger partial charge in [0, 0.05) is 12.5 Å². The van der Waals surface area contributed by atoms with E-state index in [-0.39, 0.29) is 5.75 Å². The highest BCUT2D eigenvalue weighted by Gasteiger charge is 2.17. The third-order valence-corrected chi connectivity index (χ3v) is 3.51. The summed E-state index contributed by atoms with van der Waals surface area (Å²) in [5.41, 5.74) is 0.954. The van der Waals surface area contributed by atoms with E-state index >= 15 is 0 Å². The molecule has 4 nitrogen and oxygen atoms in total. The van der Waals surface area contributed by atoms with Gasteiger partial charge >= 0.3 is 0 Å². The maximum absolute atomic E-state index is 13.4. The van der Waals surface area contributed by atoms with Gasteiger partial charge in [0.15, 0.2) is 18.2 Å². The number of ether oxygens (including phenoxy) is 1. The first kappa shape index (κ1) is 17.9. The van der Waals surface area contributed by atoms with E-state index in [1.54, 1.807) is 6.92 Å². The number of hydrogen-bond donors (Lipinski definition) is 2. The number of hydrogen-bond acceptors (Lipinski definition) is 3. The SMILES string of the molecule is CC(NC(=O)COc1ccc(F)cc1F)C(O)Cc1ccccc1. The van der Waals surface area contributed by atoms with Gasteiger partial charge in [-0.05, 0) is 24.6 Å². The molecule has 2 aromatic rings. The molecule has 0 aromatic heterocycles. The number of carbonyl (C=O) groups is 1. The normalized spacial score (nSPS) is 13.2. The molecule has 0 bridgehead atoms. The van der Waals surface area contributed by atoms with E-state index in [1.807, 2.05) is 30.3 Å². The summed E-state index contributed by atoms with van der Waals surface area (Å²) in [6.45, 7) is 1.24. The van der Waals surface area contributed by atoms with Crippen molar-refractivity contribution in [2.75, 3.05) is 6.61 Å². The fraction of sp³-hybridized carbons (Fsp3) is 0.278. The van der Waals surface area contributed by atoms with Crippen molar-refractivity contribution in [3.8, 4) is 5.75 Å². The Morgan fingerprint density at radius 2 is 1.92 bits per heavy atom. The van der Waals surface area contributed by atoms with Crippen LogP contribution >= 0.6 is 0 Å². The van der Waals surface area contributed by atoms with E-state index in [0.29, 0.717) is 12.5 Å². The number of rotatable bonds is 7. The van der Waals surface area contributed by atoms with Crippen LogP contribution in [0.4, 0.5) is 8.78 Å². The number of amides is 1. The summed E-state index contributed by atoms with van der Waals surface area (Å²) in [6.07, 6.45) is -0.366. The molecule has 0 saturated carbocycles. The zero-order valence-electron chi connectivity index (χ0n) is 13.2. The van der Waals surface area contributed by atoms with Crippen molar-refractivity contribution >= 4 is 5.91 Å². The lowest BCUT2D eigenvalue weighted by Gasteiger charge is -2.20. The Morgan fingerprint density at radius 1 is 1.21 bits per heavy atom. The Hall–Kier alpha value is -2.47. The number of benzene rings is 2. The van der Waals surface area contributed by atoms with Crippen LogP contribution in [0.2, 0.25) is 0 Å². The number of nitrogens with one attached hydrogen (secondary N) is 1. The van der Waals surface area contributed by atoms with Gasteiger partial charge in [-0.2, -0.15) is 0 Å². The van der Waals surface area contributed by atoms with Crippen LogP contribution < -0.4 is 10.1 Å². The molecule has 0 saturated heterocycles. The molecular weight excluding hydrogens is 316 g/mol. The van der Waals surface area contributed by atoms with Gasteiger partial charge in [0.25, 0.3) is 5.91 Å². The molecule has 2 rings (SSSR count). The zero-order chi connectivity index (χ0) is 17.5. The third kappa shape index (κ3) is 5.31. The average Bonchev–Trinajstić information content (AvgIpc) is 2.55. The molecule has 128 valence electrons. The van der Waals surface area contributed by atoms with E-state index in [4.69, 9.17) is 4.74 Å². The minimum atomic E-state index is -0.875. The molecule has 0 aliphatic heterocycles. The van der Waals surface area contributed by atoms with Crippen molar-refractivity contribution in [3.05, 3.63) is 65.7 Å². The molecule has 2 unspecified atom stereocenters. The molecular formula is C18H19F2NO3. The summed E-state index contributed by atoms with van der Waals surface area (Å²) in [6, 6.07) is 11.7. The second-order valence-electron chi connectivity index (χ2n) is 5.48. The number of aliphatic hydroxyl groups excluding tert-OH is 1. The molecule has 0 heterocycles. The summed E-state index contributed by atoms with van der Waals surface area (Å²) in [4.78, 5) is 11.8. The highest BCUT2D eigenvalue weighted by Crippen LogP contribution is 2.17. The predicted molar refractivity (Wildman–Crippen MR) is 85.6 cm³/mol. The molecule has 2 atom stereocenters. The maximum atomic E-state index is 13.4. The van der Waals surface area contributed by atoms with Gasteiger partial charge in [0.2, 0.25) is 0 Å². The van der Waals surface area contributed by atoms with Crippen LogP contribution in [-0.2, 0) is 11.2 Å². The highest BCUT2D eigenvalue weighted by molar-refractivity contribution is 5.77. The Kier molecular flexibility index (Phi) is 6.26. The lowest BCUT2D eigenvalue weighted by molar-refractivity contribution is -0.124. The maximum Gasteiger partial charge on any atom is 0.258 e. The van der Waals surface area contributed by atoms with Crippen LogP contribution in [0.25, 0.3) is 0 Å².